The second kappa shape index (κ2) is 9.61. The summed E-state index contributed by atoms with van der Waals surface area (Å²) in [7, 11) is 0. The van der Waals surface area contributed by atoms with E-state index in [1.165, 1.54) is 12.1 Å². The van der Waals surface area contributed by atoms with Crippen molar-refractivity contribution < 1.29 is 33.0 Å². The van der Waals surface area contributed by atoms with Gasteiger partial charge in [-0.3, -0.25) is 4.79 Å². The van der Waals surface area contributed by atoms with E-state index in [1.54, 1.807) is 24.3 Å². The molecule has 194 valence electrons. The lowest BCUT2D eigenvalue weighted by Gasteiger charge is -2.17. The number of aromatic carboxylic acids is 1. The highest BCUT2D eigenvalue weighted by Gasteiger charge is 2.38. The number of carboxylic acids is 2. The smallest absolute Gasteiger partial charge is 0.416 e. The molecule has 3 atom stereocenters. The van der Waals surface area contributed by atoms with Crippen LogP contribution >= 0.6 is 0 Å². The van der Waals surface area contributed by atoms with Crippen molar-refractivity contribution in [2.24, 2.45) is 11.7 Å². The minimum absolute atomic E-state index is 0.0776. The topological polar surface area (TPSA) is 101 Å². The van der Waals surface area contributed by atoms with Crippen LogP contribution in [0.5, 0.6) is 0 Å². The molecule has 5 rings (SSSR count). The highest BCUT2D eigenvalue weighted by Crippen LogP contribution is 2.41. The van der Waals surface area contributed by atoms with Gasteiger partial charge < -0.3 is 15.9 Å². The predicted molar refractivity (Wildman–Crippen MR) is 138 cm³/mol. The summed E-state index contributed by atoms with van der Waals surface area (Å²) < 4.78 is 38.9. The second-order valence-corrected chi connectivity index (χ2v) is 9.74. The Labute approximate surface area is 216 Å². The molecular weight excluding hydrogens is 495 g/mol. The van der Waals surface area contributed by atoms with Crippen molar-refractivity contribution in [1.82, 2.24) is 0 Å². The van der Waals surface area contributed by atoms with Gasteiger partial charge in [0.25, 0.3) is 0 Å². The Balaban J connectivity index is 1.54. The summed E-state index contributed by atoms with van der Waals surface area (Å²) in [5, 5.41) is 20.7. The molecule has 0 spiro atoms. The van der Waals surface area contributed by atoms with Crippen LogP contribution < -0.4 is 5.73 Å². The van der Waals surface area contributed by atoms with Gasteiger partial charge >= 0.3 is 18.1 Å². The van der Waals surface area contributed by atoms with Gasteiger partial charge in [0.15, 0.2) is 0 Å². The molecule has 0 radical (unpaired) electrons. The number of fused-ring (bicyclic) bond motifs is 1. The fourth-order valence-electron chi connectivity index (χ4n) is 5.39. The molecule has 4 aromatic carbocycles. The summed E-state index contributed by atoms with van der Waals surface area (Å²) in [5.74, 6) is -2.70. The fraction of sp³-hybridized carbons (Fsp3) is 0.200. The molecule has 38 heavy (non-hydrogen) atoms. The van der Waals surface area contributed by atoms with Crippen LogP contribution in [0.3, 0.4) is 0 Å². The van der Waals surface area contributed by atoms with Gasteiger partial charge in [-0.2, -0.15) is 13.2 Å². The Bertz CT molecular complexity index is 1530. The molecule has 1 aliphatic rings. The summed E-state index contributed by atoms with van der Waals surface area (Å²) in [6.07, 6.45) is -3.42. The van der Waals surface area contributed by atoms with E-state index in [2.05, 4.69) is 0 Å². The minimum Gasteiger partial charge on any atom is -0.481 e. The Morgan fingerprint density at radius 2 is 1.42 bits per heavy atom. The van der Waals surface area contributed by atoms with Crippen molar-refractivity contribution in [2.75, 3.05) is 0 Å². The van der Waals surface area contributed by atoms with Crippen molar-refractivity contribution in [1.29, 1.82) is 0 Å². The minimum atomic E-state index is -4.43. The van der Waals surface area contributed by atoms with E-state index in [1.807, 2.05) is 30.3 Å². The molecule has 1 saturated carbocycles. The summed E-state index contributed by atoms with van der Waals surface area (Å²) in [5.41, 5.74) is 8.92. The molecule has 0 aliphatic heterocycles. The van der Waals surface area contributed by atoms with Gasteiger partial charge in [-0.05, 0) is 87.7 Å². The summed E-state index contributed by atoms with van der Waals surface area (Å²) in [6.45, 7) is 0. The summed E-state index contributed by atoms with van der Waals surface area (Å²) in [4.78, 5) is 23.6. The quantitative estimate of drug-likeness (QED) is 0.269. The fourth-order valence-corrected chi connectivity index (χ4v) is 5.39. The molecule has 5 nitrogen and oxygen atoms in total. The maximum absolute atomic E-state index is 13.0. The second-order valence-electron chi connectivity index (χ2n) is 9.74. The summed E-state index contributed by atoms with van der Waals surface area (Å²) >= 11 is 0. The molecule has 0 amide bonds. The van der Waals surface area contributed by atoms with E-state index in [9.17, 15) is 33.0 Å². The Kier molecular flexibility index (Phi) is 6.44. The zero-order valence-electron chi connectivity index (χ0n) is 20.1. The first-order chi connectivity index (χ1) is 18.0. The molecule has 0 aromatic heterocycles. The molecule has 0 unspecified atom stereocenters. The van der Waals surface area contributed by atoms with Gasteiger partial charge in [0, 0.05) is 6.04 Å². The number of benzene rings is 4. The first-order valence-corrected chi connectivity index (χ1v) is 12.1. The number of aliphatic carboxylic acids is 1. The van der Waals surface area contributed by atoms with Crippen LogP contribution in [-0.4, -0.2) is 28.2 Å². The number of alkyl halides is 3. The molecule has 4 N–H and O–H groups in total. The van der Waals surface area contributed by atoms with Gasteiger partial charge in [-0.25, -0.2) is 4.79 Å². The zero-order chi connectivity index (χ0) is 27.2. The van der Waals surface area contributed by atoms with Gasteiger partial charge in [0.1, 0.15) is 0 Å². The average Bonchev–Trinajstić information content (AvgIpc) is 3.29. The number of rotatable bonds is 5. The van der Waals surface area contributed by atoms with E-state index < -0.39 is 29.6 Å². The monoisotopic (exact) mass is 519 g/mol. The maximum Gasteiger partial charge on any atom is 0.416 e. The Morgan fingerprint density at radius 1 is 0.789 bits per heavy atom. The van der Waals surface area contributed by atoms with E-state index in [0.717, 1.165) is 28.6 Å². The van der Waals surface area contributed by atoms with Crippen LogP contribution in [0.2, 0.25) is 0 Å². The van der Waals surface area contributed by atoms with Crippen LogP contribution in [0.25, 0.3) is 33.0 Å². The number of carboxylic acid groups (broad SMARTS) is 2. The number of carbonyl (C=O) groups is 2. The van der Waals surface area contributed by atoms with Gasteiger partial charge in [-0.1, -0.05) is 48.5 Å². The van der Waals surface area contributed by atoms with Crippen molar-refractivity contribution in [3.63, 3.8) is 0 Å². The number of halogens is 3. The molecule has 1 aliphatic carbocycles. The summed E-state index contributed by atoms with van der Waals surface area (Å²) in [6, 6.07) is 20.6. The molecular formula is C30H24F3NO4. The zero-order valence-corrected chi connectivity index (χ0v) is 20.1. The van der Waals surface area contributed by atoms with Crippen molar-refractivity contribution >= 4 is 22.7 Å². The van der Waals surface area contributed by atoms with Gasteiger partial charge in [0.2, 0.25) is 0 Å². The molecule has 8 heteroatoms. The lowest BCUT2D eigenvalue weighted by Crippen LogP contribution is -2.18. The number of hydrogen-bond acceptors (Lipinski definition) is 3. The lowest BCUT2D eigenvalue weighted by molar-refractivity contribution is -0.142. The van der Waals surface area contributed by atoms with Crippen LogP contribution in [0.15, 0.2) is 78.9 Å². The Hall–Kier alpha value is -4.17. The number of hydrogen-bond donors (Lipinski definition) is 3. The molecule has 0 heterocycles. The highest BCUT2D eigenvalue weighted by molar-refractivity contribution is 6.04. The van der Waals surface area contributed by atoms with Crippen molar-refractivity contribution in [2.45, 2.75) is 31.0 Å². The van der Waals surface area contributed by atoms with Crippen LogP contribution in [-0.2, 0) is 11.0 Å². The van der Waals surface area contributed by atoms with Crippen LogP contribution in [0.4, 0.5) is 13.2 Å². The Morgan fingerprint density at radius 3 is 2.03 bits per heavy atom. The molecule has 4 aromatic rings. The van der Waals surface area contributed by atoms with Crippen LogP contribution in [0.1, 0.15) is 40.2 Å². The van der Waals surface area contributed by atoms with Gasteiger partial charge in [0.05, 0.1) is 17.0 Å². The standard InChI is InChI=1S/C30H24F3NO4/c31-30(32,33)22-8-5-16(6-9-22)19-7-10-24-20(11-19)12-21(28(35)36)13-25(24)17-1-3-18(4-2-17)26-14-23(34)15-27(26)29(37)38/h1-13,23,26-27H,14-15,34H2,(H,35,36)(H,37,38)/t23-,26+,27-/m0/s1. The van der Waals surface area contributed by atoms with E-state index in [4.69, 9.17) is 5.73 Å². The van der Waals surface area contributed by atoms with Crippen molar-refractivity contribution in [3.05, 3.63) is 95.6 Å². The lowest BCUT2D eigenvalue weighted by atomic mass is 9.87. The predicted octanol–water partition coefficient (Wildman–Crippen LogP) is 6.80. The largest absolute Gasteiger partial charge is 0.481 e. The third kappa shape index (κ3) is 4.87. The molecule has 1 fully saturated rings. The third-order valence-electron chi connectivity index (χ3n) is 7.31. The molecule has 0 saturated heterocycles. The van der Waals surface area contributed by atoms with E-state index in [0.29, 0.717) is 34.9 Å². The maximum atomic E-state index is 13.0. The van der Waals surface area contributed by atoms with Crippen LogP contribution in [0, 0.1) is 5.92 Å². The van der Waals surface area contributed by atoms with E-state index in [-0.39, 0.29) is 17.5 Å². The van der Waals surface area contributed by atoms with Crippen molar-refractivity contribution in [3.8, 4) is 22.3 Å². The molecule has 0 bridgehead atoms. The average molecular weight is 520 g/mol. The third-order valence-corrected chi connectivity index (χ3v) is 7.31. The highest BCUT2D eigenvalue weighted by atomic mass is 19.4. The first-order valence-electron chi connectivity index (χ1n) is 12.1. The first kappa shape index (κ1) is 25.5. The van der Waals surface area contributed by atoms with E-state index >= 15 is 0 Å². The normalized spacial score (nSPS) is 19.5. The SMILES string of the molecule is N[C@@H]1C[C@H](C(=O)O)[C@@H](c2ccc(-c3cc(C(=O)O)cc4cc(-c5ccc(C(F)(F)F)cc5)ccc34)cc2)C1. The van der Waals surface area contributed by atoms with Gasteiger partial charge in [-0.15, -0.1) is 0 Å². The number of nitrogens with two attached hydrogens (primary N) is 1.